The molecule has 0 atom stereocenters. The largest absolute Gasteiger partial charge is 0.490 e. The van der Waals surface area contributed by atoms with E-state index >= 15 is 0 Å². The number of nitrogens with zero attached hydrogens (tertiary/aromatic N) is 2. The molecule has 0 unspecified atom stereocenters. The predicted molar refractivity (Wildman–Crippen MR) is 122 cm³/mol. The Labute approximate surface area is 187 Å². The third-order valence-electron chi connectivity index (χ3n) is 3.81. The van der Waals surface area contributed by atoms with Crippen molar-refractivity contribution in [3.63, 3.8) is 0 Å². The second-order valence-corrected chi connectivity index (χ2v) is 7.56. The molecule has 0 radical (unpaired) electrons. The van der Waals surface area contributed by atoms with Crippen molar-refractivity contribution in [1.82, 2.24) is 4.98 Å². The Bertz CT molecular complexity index is 1000. The van der Waals surface area contributed by atoms with Gasteiger partial charge in [0.05, 0.1) is 12.8 Å². The van der Waals surface area contributed by atoms with Crippen molar-refractivity contribution in [3.8, 4) is 11.5 Å². The first kappa shape index (κ1) is 21.4. The molecule has 150 valence electrons. The van der Waals surface area contributed by atoms with Crippen molar-refractivity contribution in [3.05, 3.63) is 80.4 Å². The molecule has 0 spiro atoms. The smallest absolute Gasteiger partial charge is 0.162 e. The molecule has 5 nitrogen and oxygen atoms in total. The molecule has 0 saturated carbocycles. The maximum atomic E-state index is 6.23. The SMILES string of the molecule is CCOc1cc(/C=N/Nc2ccccn2)c(Br)cc1OCc1ccc(Cl)cc1Cl. The van der Waals surface area contributed by atoms with E-state index in [0.717, 1.165) is 15.6 Å². The first-order valence-electron chi connectivity index (χ1n) is 8.80. The lowest BCUT2D eigenvalue weighted by atomic mass is 10.2. The Morgan fingerprint density at radius 3 is 2.66 bits per heavy atom. The number of anilines is 1. The predicted octanol–water partition coefficient (Wildman–Crippen LogP) is 6.57. The van der Waals surface area contributed by atoms with Crippen LogP contribution in [-0.4, -0.2) is 17.8 Å². The summed E-state index contributed by atoms with van der Waals surface area (Å²) in [5, 5.41) is 5.36. The summed E-state index contributed by atoms with van der Waals surface area (Å²) in [5.41, 5.74) is 4.54. The molecule has 0 amide bonds. The summed E-state index contributed by atoms with van der Waals surface area (Å²) >= 11 is 15.7. The fourth-order valence-electron chi connectivity index (χ4n) is 2.42. The minimum Gasteiger partial charge on any atom is -0.490 e. The van der Waals surface area contributed by atoms with Crippen LogP contribution in [-0.2, 0) is 6.61 Å². The highest BCUT2D eigenvalue weighted by Gasteiger charge is 2.11. The van der Waals surface area contributed by atoms with Gasteiger partial charge in [0.25, 0.3) is 0 Å². The van der Waals surface area contributed by atoms with Crippen molar-refractivity contribution in [2.24, 2.45) is 5.10 Å². The van der Waals surface area contributed by atoms with E-state index in [1.165, 1.54) is 0 Å². The van der Waals surface area contributed by atoms with Crippen LogP contribution in [0.4, 0.5) is 5.82 Å². The lowest BCUT2D eigenvalue weighted by molar-refractivity contribution is 0.269. The highest BCUT2D eigenvalue weighted by molar-refractivity contribution is 9.10. The summed E-state index contributed by atoms with van der Waals surface area (Å²) in [4.78, 5) is 4.16. The average Bonchev–Trinajstić information content (AvgIpc) is 2.71. The van der Waals surface area contributed by atoms with Crippen molar-refractivity contribution in [2.45, 2.75) is 13.5 Å². The van der Waals surface area contributed by atoms with Gasteiger partial charge in [-0.2, -0.15) is 5.10 Å². The number of ether oxygens (including phenoxy) is 2. The molecule has 1 aromatic heterocycles. The van der Waals surface area contributed by atoms with Crippen LogP contribution in [0.5, 0.6) is 11.5 Å². The number of aromatic nitrogens is 1. The molecule has 0 aliphatic heterocycles. The van der Waals surface area contributed by atoms with Crippen molar-refractivity contribution < 1.29 is 9.47 Å². The van der Waals surface area contributed by atoms with E-state index in [1.54, 1.807) is 24.5 Å². The normalized spacial score (nSPS) is 10.9. The van der Waals surface area contributed by atoms with Crippen LogP contribution in [0, 0.1) is 0 Å². The lowest BCUT2D eigenvalue weighted by Crippen LogP contribution is -2.02. The van der Waals surface area contributed by atoms with Gasteiger partial charge in [-0.1, -0.05) is 35.3 Å². The van der Waals surface area contributed by atoms with Crippen molar-refractivity contribution >= 4 is 51.2 Å². The van der Waals surface area contributed by atoms with Crippen LogP contribution in [0.2, 0.25) is 10.0 Å². The standard InChI is InChI=1S/C21H18BrCl2N3O2/c1-2-28-19-9-15(12-26-27-21-5-3-4-8-25-21)17(22)11-20(19)29-13-14-6-7-16(23)10-18(14)24/h3-12H,2,13H2,1H3,(H,25,27)/b26-12+. The van der Waals surface area contributed by atoms with Gasteiger partial charge in [-0.3, -0.25) is 5.43 Å². The van der Waals surface area contributed by atoms with Gasteiger partial charge >= 0.3 is 0 Å². The molecule has 0 aliphatic carbocycles. The first-order chi connectivity index (χ1) is 14.1. The number of hydrogen-bond acceptors (Lipinski definition) is 5. The molecule has 3 rings (SSSR count). The number of pyridine rings is 1. The minimum atomic E-state index is 0.289. The Kier molecular flexibility index (Phi) is 7.75. The highest BCUT2D eigenvalue weighted by Crippen LogP contribution is 2.34. The zero-order valence-electron chi connectivity index (χ0n) is 15.5. The summed E-state index contributed by atoms with van der Waals surface area (Å²) < 4.78 is 12.5. The maximum Gasteiger partial charge on any atom is 0.162 e. The third kappa shape index (κ3) is 6.10. The maximum absolute atomic E-state index is 6.23. The van der Waals surface area contributed by atoms with Crippen molar-refractivity contribution in [2.75, 3.05) is 12.0 Å². The number of halogens is 3. The average molecular weight is 495 g/mol. The van der Waals surface area contributed by atoms with Crippen LogP contribution < -0.4 is 14.9 Å². The van der Waals surface area contributed by atoms with Gasteiger partial charge in [-0.15, -0.1) is 0 Å². The van der Waals surface area contributed by atoms with E-state index in [1.807, 2.05) is 43.3 Å². The molecule has 0 fully saturated rings. The van der Waals surface area contributed by atoms with Gasteiger partial charge in [0.15, 0.2) is 11.5 Å². The molecule has 29 heavy (non-hydrogen) atoms. The number of rotatable bonds is 8. The second kappa shape index (κ2) is 10.5. The van der Waals surface area contributed by atoms with Gasteiger partial charge in [0.2, 0.25) is 0 Å². The molecule has 0 aliphatic rings. The topological polar surface area (TPSA) is 55.7 Å². The van der Waals surface area contributed by atoms with Crippen molar-refractivity contribution in [1.29, 1.82) is 0 Å². The fraction of sp³-hybridized carbons (Fsp3) is 0.143. The summed E-state index contributed by atoms with van der Waals surface area (Å²) in [5.74, 6) is 1.87. The molecule has 1 heterocycles. The first-order valence-corrected chi connectivity index (χ1v) is 10.3. The van der Waals surface area contributed by atoms with Crippen LogP contribution in [0.1, 0.15) is 18.1 Å². The zero-order valence-corrected chi connectivity index (χ0v) is 18.6. The molecular formula is C21H18BrCl2N3O2. The summed E-state index contributed by atoms with van der Waals surface area (Å²) in [6.07, 6.45) is 3.38. The van der Waals surface area contributed by atoms with Crippen LogP contribution >= 0.6 is 39.1 Å². The van der Waals surface area contributed by atoms with Crippen LogP contribution in [0.15, 0.2) is 64.3 Å². The molecular weight excluding hydrogens is 477 g/mol. The van der Waals surface area contributed by atoms with E-state index in [2.05, 4.69) is 31.4 Å². The van der Waals surface area contributed by atoms with Crippen LogP contribution in [0.25, 0.3) is 0 Å². The van der Waals surface area contributed by atoms with Gasteiger partial charge in [-0.25, -0.2) is 4.98 Å². The Hall–Kier alpha value is -2.28. The molecule has 0 bridgehead atoms. The monoisotopic (exact) mass is 493 g/mol. The summed E-state index contributed by atoms with van der Waals surface area (Å²) in [6, 6.07) is 14.6. The summed E-state index contributed by atoms with van der Waals surface area (Å²) in [6.45, 7) is 2.71. The Morgan fingerprint density at radius 1 is 1.10 bits per heavy atom. The van der Waals surface area contributed by atoms with E-state index in [0.29, 0.717) is 34.0 Å². The number of benzene rings is 2. The molecule has 2 aromatic carbocycles. The third-order valence-corrected chi connectivity index (χ3v) is 5.08. The lowest BCUT2D eigenvalue weighted by Gasteiger charge is -2.14. The zero-order chi connectivity index (χ0) is 20.6. The number of hydrazone groups is 1. The fourth-order valence-corrected chi connectivity index (χ4v) is 3.31. The molecule has 3 aromatic rings. The Balaban J connectivity index is 1.76. The van der Waals surface area contributed by atoms with E-state index < -0.39 is 0 Å². The molecule has 1 N–H and O–H groups in total. The van der Waals surface area contributed by atoms with Gasteiger partial charge in [0, 0.05) is 31.8 Å². The van der Waals surface area contributed by atoms with Crippen LogP contribution in [0.3, 0.4) is 0 Å². The number of hydrogen-bond donors (Lipinski definition) is 1. The quantitative estimate of drug-likeness (QED) is 0.284. The number of nitrogens with one attached hydrogen (secondary N) is 1. The van der Waals surface area contributed by atoms with E-state index in [-0.39, 0.29) is 6.61 Å². The molecule has 0 saturated heterocycles. The molecule has 8 heteroatoms. The van der Waals surface area contributed by atoms with E-state index in [4.69, 9.17) is 32.7 Å². The van der Waals surface area contributed by atoms with E-state index in [9.17, 15) is 0 Å². The minimum absolute atomic E-state index is 0.289. The summed E-state index contributed by atoms with van der Waals surface area (Å²) in [7, 11) is 0. The Morgan fingerprint density at radius 2 is 1.93 bits per heavy atom. The highest BCUT2D eigenvalue weighted by atomic mass is 79.9. The van der Waals surface area contributed by atoms with Gasteiger partial charge in [0.1, 0.15) is 12.4 Å². The second-order valence-electron chi connectivity index (χ2n) is 5.86. The van der Waals surface area contributed by atoms with Gasteiger partial charge < -0.3 is 9.47 Å². The van der Waals surface area contributed by atoms with Gasteiger partial charge in [-0.05, 0) is 59.3 Å².